The Bertz CT molecular complexity index is 747. The topological polar surface area (TPSA) is 100 Å². The second-order valence-electron chi connectivity index (χ2n) is 6.38. The Morgan fingerprint density at radius 2 is 2.17 bits per heavy atom. The minimum atomic E-state index is -3.69. The van der Waals surface area contributed by atoms with Gasteiger partial charge in [-0.2, -0.15) is 5.26 Å². The molecule has 8 heteroatoms. The number of ether oxygens (including phenoxy) is 1. The Labute approximate surface area is 135 Å². The number of hydrogen-bond acceptors (Lipinski definition) is 6. The van der Waals surface area contributed by atoms with Crippen LogP contribution in [0.1, 0.15) is 32.8 Å². The van der Waals surface area contributed by atoms with Crippen molar-refractivity contribution < 1.29 is 17.9 Å². The number of carbonyl (C=O) groups is 1. The maximum atomic E-state index is 12.6. The lowest BCUT2D eigenvalue weighted by Crippen LogP contribution is -2.36. The SMILES string of the molecule is CC(C)(C)OC(=O)N1CC[C@@H](S(=O)(=O)c2cc(C#N)ccn2)C1. The number of likely N-dealkylation sites (tertiary alicyclic amines) is 1. The van der Waals surface area contributed by atoms with E-state index in [0.29, 0.717) is 13.0 Å². The number of nitriles is 1. The Kier molecular flexibility index (Phi) is 4.61. The van der Waals surface area contributed by atoms with Gasteiger partial charge in [-0.25, -0.2) is 18.2 Å². The molecule has 1 aliphatic heterocycles. The fraction of sp³-hybridized carbons (Fsp3) is 0.533. The third kappa shape index (κ3) is 3.99. The van der Waals surface area contributed by atoms with Crippen LogP contribution in [0.3, 0.4) is 0 Å². The zero-order valence-corrected chi connectivity index (χ0v) is 14.1. The molecule has 0 aromatic carbocycles. The van der Waals surface area contributed by atoms with Gasteiger partial charge in [-0.3, -0.25) is 0 Å². The molecule has 0 unspecified atom stereocenters. The molecule has 0 N–H and O–H groups in total. The molecule has 1 aliphatic rings. The summed E-state index contributed by atoms with van der Waals surface area (Å²) in [5.41, 5.74) is -0.392. The highest BCUT2D eigenvalue weighted by atomic mass is 32.2. The van der Waals surface area contributed by atoms with Crippen LogP contribution in [0, 0.1) is 11.3 Å². The van der Waals surface area contributed by atoms with Crippen LogP contribution in [0.2, 0.25) is 0 Å². The quantitative estimate of drug-likeness (QED) is 0.815. The summed E-state index contributed by atoms with van der Waals surface area (Å²) in [7, 11) is -3.69. The van der Waals surface area contributed by atoms with Crippen molar-refractivity contribution in [2.24, 2.45) is 0 Å². The van der Waals surface area contributed by atoms with Gasteiger partial charge in [-0.15, -0.1) is 0 Å². The summed E-state index contributed by atoms with van der Waals surface area (Å²) < 4.78 is 30.5. The number of pyridine rings is 1. The average molecular weight is 337 g/mol. The predicted molar refractivity (Wildman–Crippen MR) is 82.3 cm³/mol. The molecule has 1 saturated heterocycles. The van der Waals surface area contributed by atoms with Crippen LogP contribution in [0.25, 0.3) is 0 Å². The molecule has 0 radical (unpaired) electrons. The molecule has 0 aliphatic carbocycles. The molecule has 23 heavy (non-hydrogen) atoms. The van der Waals surface area contributed by atoms with E-state index in [9.17, 15) is 13.2 Å². The molecule has 1 amide bonds. The van der Waals surface area contributed by atoms with Gasteiger partial charge in [0.05, 0.1) is 16.9 Å². The fourth-order valence-electron chi connectivity index (χ4n) is 2.28. The first-order valence-electron chi connectivity index (χ1n) is 7.21. The fourth-order valence-corrected chi connectivity index (χ4v) is 3.91. The Morgan fingerprint density at radius 1 is 1.48 bits per heavy atom. The summed E-state index contributed by atoms with van der Waals surface area (Å²) >= 11 is 0. The molecule has 1 fully saturated rings. The molecule has 1 atom stereocenters. The van der Waals surface area contributed by atoms with Gasteiger partial charge in [0.1, 0.15) is 5.60 Å². The number of carbonyl (C=O) groups excluding carboxylic acids is 1. The van der Waals surface area contributed by atoms with E-state index in [-0.39, 0.29) is 17.1 Å². The van der Waals surface area contributed by atoms with E-state index in [1.807, 2.05) is 6.07 Å². The largest absolute Gasteiger partial charge is 0.444 e. The van der Waals surface area contributed by atoms with Crippen molar-refractivity contribution in [1.82, 2.24) is 9.88 Å². The molecule has 0 saturated carbocycles. The predicted octanol–water partition coefficient (Wildman–Crippen LogP) is 1.74. The smallest absolute Gasteiger partial charge is 0.410 e. The summed E-state index contributed by atoms with van der Waals surface area (Å²) in [6.07, 6.45) is 1.10. The minimum absolute atomic E-state index is 0.0652. The molecule has 2 rings (SSSR count). The number of sulfone groups is 1. The number of amides is 1. The maximum Gasteiger partial charge on any atom is 0.410 e. The monoisotopic (exact) mass is 337 g/mol. The zero-order chi connectivity index (χ0) is 17.3. The highest BCUT2D eigenvalue weighted by Crippen LogP contribution is 2.24. The van der Waals surface area contributed by atoms with Crippen LogP contribution < -0.4 is 0 Å². The van der Waals surface area contributed by atoms with Gasteiger partial charge in [0, 0.05) is 19.3 Å². The van der Waals surface area contributed by atoms with E-state index in [2.05, 4.69) is 4.98 Å². The Hall–Kier alpha value is -2.14. The van der Waals surface area contributed by atoms with Crippen LogP contribution in [-0.4, -0.2) is 48.3 Å². The molecule has 2 heterocycles. The van der Waals surface area contributed by atoms with E-state index >= 15 is 0 Å². The van der Waals surface area contributed by atoms with Gasteiger partial charge < -0.3 is 9.64 Å². The van der Waals surface area contributed by atoms with Crippen molar-refractivity contribution >= 4 is 15.9 Å². The molecule has 7 nitrogen and oxygen atoms in total. The van der Waals surface area contributed by atoms with Crippen molar-refractivity contribution in [2.45, 2.75) is 43.1 Å². The second-order valence-corrected chi connectivity index (χ2v) is 8.55. The van der Waals surface area contributed by atoms with Gasteiger partial charge in [0.25, 0.3) is 0 Å². The van der Waals surface area contributed by atoms with Crippen LogP contribution in [-0.2, 0) is 14.6 Å². The average Bonchev–Trinajstić information content (AvgIpc) is 2.96. The van der Waals surface area contributed by atoms with Crippen LogP contribution in [0.15, 0.2) is 23.4 Å². The van der Waals surface area contributed by atoms with Gasteiger partial charge in [0.2, 0.25) is 0 Å². The lowest BCUT2D eigenvalue weighted by atomic mass is 10.2. The first kappa shape index (κ1) is 17.2. The lowest BCUT2D eigenvalue weighted by molar-refractivity contribution is 0.0295. The Morgan fingerprint density at radius 3 is 2.78 bits per heavy atom. The van der Waals surface area contributed by atoms with Crippen molar-refractivity contribution in [3.63, 3.8) is 0 Å². The van der Waals surface area contributed by atoms with Crippen LogP contribution in [0.4, 0.5) is 4.79 Å². The first-order valence-corrected chi connectivity index (χ1v) is 8.76. The zero-order valence-electron chi connectivity index (χ0n) is 13.3. The molecular formula is C15H19N3O4S. The second kappa shape index (κ2) is 6.16. The van der Waals surface area contributed by atoms with Gasteiger partial charge in [-0.1, -0.05) is 0 Å². The van der Waals surface area contributed by atoms with Crippen molar-refractivity contribution in [3.05, 3.63) is 23.9 Å². The summed E-state index contributed by atoms with van der Waals surface area (Å²) in [6.45, 7) is 5.65. The summed E-state index contributed by atoms with van der Waals surface area (Å²) in [4.78, 5) is 17.3. The summed E-state index contributed by atoms with van der Waals surface area (Å²) in [5, 5.41) is 8.00. The molecular weight excluding hydrogens is 318 g/mol. The third-order valence-corrected chi connectivity index (χ3v) is 5.46. The third-order valence-electron chi connectivity index (χ3n) is 3.39. The highest BCUT2D eigenvalue weighted by molar-refractivity contribution is 7.92. The molecule has 1 aromatic rings. The molecule has 0 spiro atoms. The molecule has 0 bridgehead atoms. The van der Waals surface area contributed by atoms with E-state index in [1.54, 1.807) is 20.8 Å². The van der Waals surface area contributed by atoms with Gasteiger partial charge in [-0.05, 0) is 39.3 Å². The number of aromatic nitrogens is 1. The lowest BCUT2D eigenvalue weighted by Gasteiger charge is -2.24. The van der Waals surface area contributed by atoms with Crippen molar-refractivity contribution in [3.8, 4) is 6.07 Å². The number of hydrogen-bond donors (Lipinski definition) is 0. The van der Waals surface area contributed by atoms with E-state index < -0.39 is 26.8 Å². The van der Waals surface area contributed by atoms with E-state index in [1.165, 1.54) is 23.2 Å². The first-order chi connectivity index (χ1) is 10.6. The Balaban J connectivity index is 2.14. The standard InChI is InChI=1S/C15H19N3O4S/c1-15(2,3)22-14(19)18-7-5-12(10-18)23(20,21)13-8-11(9-16)4-6-17-13/h4,6,8,12H,5,7,10H2,1-3H3/t12-/m1/s1. The normalized spacial score (nSPS) is 18.5. The maximum absolute atomic E-state index is 12.6. The van der Waals surface area contributed by atoms with E-state index in [4.69, 9.17) is 10.00 Å². The highest BCUT2D eigenvalue weighted by Gasteiger charge is 2.38. The van der Waals surface area contributed by atoms with Crippen LogP contribution >= 0.6 is 0 Å². The summed E-state index contributed by atoms with van der Waals surface area (Å²) in [5.74, 6) is 0. The van der Waals surface area contributed by atoms with Crippen LogP contribution in [0.5, 0.6) is 0 Å². The summed E-state index contributed by atoms with van der Waals surface area (Å²) in [6, 6.07) is 4.59. The van der Waals surface area contributed by atoms with Gasteiger partial charge >= 0.3 is 6.09 Å². The van der Waals surface area contributed by atoms with Crippen molar-refractivity contribution in [1.29, 1.82) is 5.26 Å². The van der Waals surface area contributed by atoms with Crippen molar-refractivity contribution in [2.75, 3.05) is 13.1 Å². The number of nitrogens with zero attached hydrogens (tertiary/aromatic N) is 3. The minimum Gasteiger partial charge on any atom is -0.444 e. The van der Waals surface area contributed by atoms with Gasteiger partial charge in [0.15, 0.2) is 14.9 Å². The molecule has 124 valence electrons. The van der Waals surface area contributed by atoms with E-state index in [0.717, 1.165) is 0 Å². The molecule has 1 aromatic heterocycles. The number of rotatable bonds is 2.